The molecule has 1 aliphatic rings. The summed E-state index contributed by atoms with van der Waals surface area (Å²) in [5, 5.41) is 18.1. The number of nitrogens with one attached hydrogen (secondary N) is 2. The van der Waals surface area contributed by atoms with Crippen LogP contribution in [-0.2, 0) is 30.7 Å². The van der Waals surface area contributed by atoms with Crippen LogP contribution >= 0.6 is 0 Å². The Labute approximate surface area is 218 Å². The van der Waals surface area contributed by atoms with Crippen molar-refractivity contribution >= 4 is 11.9 Å². The van der Waals surface area contributed by atoms with Crippen molar-refractivity contribution in [3.05, 3.63) is 11.5 Å². The Morgan fingerprint density at radius 1 is 0.697 bits per heavy atom. The van der Waals surface area contributed by atoms with E-state index in [0.717, 1.165) is 77.0 Å². The average Bonchev–Trinajstić information content (AvgIpc) is 2.78. The fourth-order valence-electron chi connectivity index (χ4n) is 4.19. The summed E-state index contributed by atoms with van der Waals surface area (Å²) in [4.78, 5) is 22.0. The van der Waals surface area contributed by atoms with Gasteiger partial charge in [-0.05, 0) is 38.5 Å². The summed E-state index contributed by atoms with van der Waals surface area (Å²) in [6, 6.07) is -0.160. The molecule has 0 saturated heterocycles. The minimum atomic E-state index is -0.624. The molecule has 200 valence electrons. The van der Waals surface area contributed by atoms with Gasteiger partial charge in [-0.3, -0.25) is 9.59 Å². The van der Waals surface area contributed by atoms with Crippen LogP contribution in [0.3, 0.4) is 0 Å². The fourth-order valence-corrected chi connectivity index (χ4v) is 4.19. The zero-order chi connectivity index (χ0) is 25.2. The molecule has 0 aromatic heterocycles. The van der Waals surface area contributed by atoms with Crippen LogP contribution in [0.15, 0.2) is 0 Å². The maximum Gasteiger partial charge on any atom is 2.00 e. The molecular formula is C26H52N2O4Pt. The van der Waals surface area contributed by atoms with Gasteiger partial charge in [0, 0.05) is 0 Å². The van der Waals surface area contributed by atoms with Crippen LogP contribution in [0.5, 0.6) is 0 Å². The van der Waals surface area contributed by atoms with Crippen LogP contribution in [0, 0.1) is 10.8 Å². The second-order valence-electron chi connectivity index (χ2n) is 9.29. The molecule has 0 heterocycles. The van der Waals surface area contributed by atoms with Crippen molar-refractivity contribution in [1.29, 1.82) is 0 Å². The largest absolute Gasteiger partial charge is 2.00 e. The zero-order valence-corrected chi connectivity index (χ0v) is 24.4. The molecular weight excluding hydrogens is 599 g/mol. The molecule has 6 nitrogen and oxygen atoms in total. The molecule has 2 atom stereocenters. The van der Waals surface area contributed by atoms with Crippen LogP contribution < -0.4 is 0 Å². The number of carboxylic acid groups (broad SMARTS) is 2. The van der Waals surface area contributed by atoms with Gasteiger partial charge in [0.1, 0.15) is 0 Å². The second-order valence-corrected chi connectivity index (χ2v) is 9.29. The van der Waals surface area contributed by atoms with E-state index in [2.05, 4.69) is 13.8 Å². The van der Waals surface area contributed by atoms with Gasteiger partial charge in [0.25, 0.3) is 0 Å². The minimum Gasteiger partial charge on any atom is -0.676 e. The van der Waals surface area contributed by atoms with Gasteiger partial charge >= 0.3 is 33.0 Å². The Hall–Kier alpha value is -0.452. The van der Waals surface area contributed by atoms with Crippen molar-refractivity contribution in [1.82, 2.24) is 0 Å². The van der Waals surface area contributed by atoms with Crippen molar-refractivity contribution in [3.8, 4) is 0 Å². The predicted molar refractivity (Wildman–Crippen MR) is 135 cm³/mol. The SMILES string of the molecule is CCCCC(CC)(CC)C(=O)O.CCCCC(CC)(CC)C(=O)O.[NH-][C@@H]1CCCC[C@H]1[NH-].[Pt+2]. The van der Waals surface area contributed by atoms with E-state index in [9.17, 15) is 9.59 Å². The first-order chi connectivity index (χ1) is 15.1. The average molecular weight is 652 g/mol. The molecule has 1 fully saturated rings. The van der Waals surface area contributed by atoms with Gasteiger partial charge in [0.05, 0.1) is 10.8 Å². The normalized spacial score (nSPS) is 18.1. The Morgan fingerprint density at radius 3 is 1.12 bits per heavy atom. The summed E-state index contributed by atoms with van der Waals surface area (Å²) in [6.07, 6.45) is 13.1. The number of carboxylic acids is 2. The Bertz CT molecular complexity index is 451. The van der Waals surface area contributed by atoms with Gasteiger partial charge in [-0.2, -0.15) is 12.1 Å². The van der Waals surface area contributed by atoms with Crippen molar-refractivity contribution in [2.24, 2.45) is 10.8 Å². The quantitative estimate of drug-likeness (QED) is 0.220. The monoisotopic (exact) mass is 651 g/mol. The predicted octanol–water partition coefficient (Wildman–Crippen LogP) is 8.53. The first kappa shape index (κ1) is 37.1. The molecule has 0 aromatic carbocycles. The number of rotatable bonds is 12. The van der Waals surface area contributed by atoms with E-state index in [-0.39, 0.29) is 33.1 Å². The number of hydrogen-bond acceptors (Lipinski definition) is 2. The van der Waals surface area contributed by atoms with E-state index in [4.69, 9.17) is 21.7 Å². The topological polar surface area (TPSA) is 122 Å². The number of carbonyl (C=O) groups is 2. The van der Waals surface area contributed by atoms with E-state index in [1.165, 1.54) is 12.8 Å². The van der Waals surface area contributed by atoms with E-state index in [1.807, 2.05) is 27.7 Å². The third-order valence-electron chi connectivity index (χ3n) is 7.40. The molecule has 1 rings (SSSR count). The first-order valence-corrected chi connectivity index (χ1v) is 12.9. The Balaban J connectivity index is -0.000000410. The van der Waals surface area contributed by atoms with Gasteiger partial charge in [-0.1, -0.05) is 92.9 Å². The standard InChI is InChI=1S/2C10H20O2.C6H12N2.Pt/c2*1-4-7-8-10(5-2,6-3)9(11)12;7-5-3-1-2-4-6(5)8;/h2*4-8H2,1-3H3,(H,11,12);5-8H,1-4H2;/q;;-2;+2/t;;5-,6-;/m..1./s1. The van der Waals surface area contributed by atoms with Crippen LogP contribution in [-0.4, -0.2) is 34.2 Å². The van der Waals surface area contributed by atoms with Gasteiger partial charge in [0.2, 0.25) is 0 Å². The van der Waals surface area contributed by atoms with E-state index in [0.29, 0.717) is 0 Å². The molecule has 33 heavy (non-hydrogen) atoms. The van der Waals surface area contributed by atoms with Crippen molar-refractivity contribution in [2.45, 2.75) is 144 Å². The molecule has 0 aliphatic heterocycles. The summed E-state index contributed by atoms with van der Waals surface area (Å²) in [7, 11) is 0. The zero-order valence-electron chi connectivity index (χ0n) is 22.1. The van der Waals surface area contributed by atoms with Crippen LogP contribution in [0.1, 0.15) is 131 Å². The molecule has 1 saturated carbocycles. The van der Waals surface area contributed by atoms with Crippen LogP contribution in [0.2, 0.25) is 0 Å². The Morgan fingerprint density at radius 2 is 0.970 bits per heavy atom. The van der Waals surface area contributed by atoms with Crippen molar-refractivity contribution < 1.29 is 40.9 Å². The van der Waals surface area contributed by atoms with Gasteiger partial charge in [0.15, 0.2) is 0 Å². The van der Waals surface area contributed by atoms with E-state index < -0.39 is 22.8 Å². The van der Waals surface area contributed by atoms with Gasteiger partial charge in [-0.15, -0.1) is 0 Å². The van der Waals surface area contributed by atoms with Crippen LogP contribution in [0.4, 0.5) is 0 Å². The second kappa shape index (κ2) is 20.9. The van der Waals surface area contributed by atoms with Gasteiger partial charge < -0.3 is 21.7 Å². The summed E-state index contributed by atoms with van der Waals surface area (Å²) in [5.74, 6) is -1.25. The molecule has 0 amide bonds. The molecule has 0 spiro atoms. The third-order valence-corrected chi connectivity index (χ3v) is 7.40. The molecule has 1 aliphatic carbocycles. The van der Waals surface area contributed by atoms with E-state index >= 15 is 0 Å². The summed E-state index contributed by atoms with van der Waals surface area (Å²) in [6.45, 7) is 12.1. The molecule has 7 heteroatoms. The third kappa shape index (κ3) is 13.9. The minimum absolute atomic E-state index is 0. The molecule has 0 radical (unpaired) electrons. The summed E-state index contributed by atoms with van der Waals surface area (Å²) < 4.78 is 0. The van der Waals surface area contributed by atoms with Crippen LogP contribution in [0.25, 0.3) is 11.5 Å². The molecule has 0 bridgehead atoms. The smallest absolute Gasteiger partial charge is 0.676 e. The molecule has 4 N–H and O–H groups in total. The number of aliphatic carboxylic acids is 2. The molecule has 0 aromatic rings. The van der Waals surface area contributed by atoms with Crippen molar-refractivity contribution in [3.63, 3.8) is 0 Å². The first-order valence-electron chi connectivity index (χ1n) is 12.9. The summed E-state index contributed by atoms with van der Waals surface area (Å²) in [5.41, 5.74) is 13.7. The maximum atomic E-state index is 11.0. The maximum absolute atomic E-state index is 11.0. The Kier molecular flexibility index (Phi) is 23.5. The number of unbranched alkanes of at least 4 members (excludes halogenated alkanes) is 2. The molecule has 0 unspecified atom stereocenters. The number of hydrogen-bond donors (Lipinski definition) is 2. The van der Waals surface area contributed by atoms with E-state index in [1.54, 1.807) is 0 Å². The van der Waals surface area contributed by atoms with Gasteiger partial charge in [-0.25, -0.2) is 0 Å². The fraction of sp³-hybridized carbons (Fsp3) is 0.923. The van der Waals surface area contributed by atoms with Crippen molar-refractivity contribution in [2.75, 3.05) is 0 Å². The summed E-state index contributed by atoms with van der Waals surface area (Å²) >= 11 is 0.